The first kappa shape index (κ1) is 13.2. The number of nitrogens with one attached hydrogen (secondary N) is 1. The van der Waals surface area contributed by atoms with Gasteiger partial charge in [0.05, 0.1) is 5.60 Å². The third kappa shape index (κ3) is 4.78. The molecule has 0 aromatic rings. The summed E-state index contributed by atoms with van der Waals surface area (Å²) in [4.78, 5) is 0. The van der Waals surface area contributed by atoms with E-state index >= 15 is 0 Å². The molecule has 6 heteroatoms. The first-order valence-corrected chi connectivity index (χ1v) is 5.63. The summed E-state index contributed by atoms with van der Waals surface area (Å²) < 4.78 is 5.19. The van der Waals surface area contributed by atoms with Crippen LogP contribution >= 0.6 is 0 Å². The molecule has 0 saturated carbocycles. The van der Waals surface area contributed by atoms with E-state index in [0.717, 1.165) is 13.0 Å². The molecule has 0 unspecified atom stereocenters. The van der Waals surface area contributed by atoms with Gasteiger partial charge in [-0.05, 0) is 13.0 Å². The first-order valence-electron chi connectivity index (χ1n) is 5.63. The second kappa shape index (κ2) is 6.67. The Morgan fingerprint density at radius 3 is 2.75 bits per heavy atom. The summed E-state index contributed by atoms with van der Waals surface area (Å²) in [5, 5.41) is 24.5. The van der Waals surface area contributed by atoms with Crippen molar-refractivity contribution < 1.29 is 15.1 Å². The van der Waals surface area contributed by atoms with Crippen LogP contribution in [0.25, 0.3) is 0 Å². The average molecular weight is 231 g/mol. The minimum atomic E-state index is -0.630. The molecule has 16 heavy (non-hydrogen) atoms. The van der Waals surface area contributed by atoms with Crippen LogP contribution in [0, 0.1) is 0 Å². The molecule has 1 aliphatic heterocycles. The van der Waals surface area contributed by atoms with Crippen LogP contribution in [0.2, 0.25) is 0 Å². The maximum Gasteiger partial charge on any atom is 0.139 e. The molecular formula is C10H21N3O3. The predicted octanol–water partition coefficient (Wildman–Crippen LogP) is -0.356. The Labute approximate surface area is 95.5 Å². The molecule has 0 aromatic heterocycles. The Morgan fingerprint density at radius 1 is 1.44 bits per heavy atom. The van der Waals surface area contributed by atoms with Gasteiger partial charge in [-0.25, -0.2) is 0 Å². The standard InChI is InChI=1S/C10H21N3O3/c11-9(13-15)2-1-5-12-8-10(14)3-6-16-7-4-10/h12,14-15H,1-8H2,(H2,11,13). The molecule has 0 bridgehead atoms. The fourth-order valence-electron chi connectivity index (χ4n) is 1.69. The molecule has 6 nitrogen and oxygen atoms in total. The zero-order valence-corrected chi connectivity index (χ0v) is 9.48. The summed E-state index contributed by atoms with van der Waals surface area (Å²) in [6, 6.07) is 0. The van der Waals surface area contributed by atoms with E-state index in [2.05, 4.69) is 10.5 Å². The minimum absolute atomic E-state index is 0.242. The van der Waals surface area contributed by atoms with Gasteiger partial charge in [0, 0.05) is 39.0 Å². The van der Waals surface area contributed by atoms with Crippen LogP contribution < -0.4 is 11.1 Å². The highest BCUT2D eigenvalue weighted by Gasteiger charge is 2.28. The Morgan fingerprint density at radius 2 is 2.12 bits per heavy atom. The van der Waals surface area contributed by atoms with Crippen LogP contribution in [-0.2, 0) is 4.74 Å². The molecule has 1 saturated heterocycles. The second-order valence-corrected chi connectivity index (χ2v) is 4.21. The Balaban J connectivity index is 2.06. The van der Waals surface area contributed by atoms with Gasteiger partial charge in [-0.2, -0.15) is 0 Å². The van der Waals surface area contributed by atoms with Gasteiger partial charge >= 0.3 is 0 Å². The van der Waals surface area contributed by atoms with E-state index in [1.807, 2.05) is 0 Å². The average Bonchev–Trinajstić information content (AvgIpc) is 2.29. The van der Waals surface area contributed by atoms with E-state index in [1.165, 1.54) is 0 Å². The van der Waals surface area contributed by atoms with E-state index in [4.69, 9.17) is 15.7 Å². The van der Waals surface area contributed by atoms with Gasteiger partial charge in [-0.3, -0.25) is 0 Å². The van der Waals surface area contributed by atoms with Gasteiger partial charge in [-0.15, -0.1) is 0 Å². The number of oxime groups is 1. The highest BCUT2D eigenvalue weighted by molar-refractivity contribution is 5.79. The van der Waals surface area contributed by atoms with Crippen molar-refractivity contribution in [3.05, 3.63) is 0 Å². The van der Waals surface area contributed by atoms with Gasteiger partial charge in [0.15, 0.2) is 0 Å². The molecule has 0 atom stereocenters. The van der Waals surface area contributed by atoms with Crippen molar-refractivity contribution in [2.45, 2.75) is 31.3 Å². The smallest absolute Gasteiger partial charge is 0.139 e. The Bertz CT molecular complexity index is 227. The Hall–Kier alpha value is -0.850. The van der Waals surface area contributed by atoms with Crippen molar-refractivity contribution >= 4 is 5.84 Å². The molecule has 5 N–H and O–H groups in total. The SMILES string of the molecule is NC(CCCNCC1(O)CCOCC1)=NO. The van der Waals surface area contributed by atoms with E-state index in [0.29, 0.717) is 39.0 Å². The fraction of sp³-hybridized carbons (Fsp3) is 0.900. The van der Waals surface area contributed by atoms with E-state index in [1.54, 1.807) is 0 Å². The fourth-order valence-corrected chi connectivity index (χ4v) is 1.69. The zero-order chi connectivity index (χ0) is 11.9. The zero-order valence-electron chi connectivity index (χ0n) is 9.48. The third-order valence-electron chi connectivity index (χ3n) is 2.79. The Kier molecular flexibility index (Phi) is 5.51. The number of ether oxygens (including phenoxy) is 1. The van der Waals surface area contributed by atoms with Crippen molar-refractivity contribution in [1.82, 2.24) is 5.32 Å². The van der Waals surface area contributed by atoms with Crippen LogP contribution in [0.5, 0.6) is 0 Å². The minimum Gasteiger partial charge on any atom is -0.409 e. The highest BCUT2D eigenvalue weighted by Crippen LogP contribution is 2.19. The lowest BCUT2D eigenvalue weighted by Gasteiger charge is -2.32. The van der Waals surface area contributed by atoms with Gasteiger partial charge in [0.25, 0.3) is 0 Å². The third-order valence-corrected chi connectivity index (χ3v) is 2.79. The largest absolute Gasteiger partial charge is 0.409 e. The van der Waals surface area contributed by atoms with E-state index < -0.39 is 5.60 Å². The van der Waals surface area contributed by atoms with Crippen LogP contribution in [0.15, 0.2) is 5.16 Å². The first-order chi connectivity index (χ1) is 7.66. The highest BCUT2D eigenvalue weighted by atomic mass is 16.5. The maximum absolute atomic E-state index is 10.1. The molecule has 1 heterocycles. The number of amidine groups is 1. The van der Waals surface area contributed by atoms with Gasteiger partial charge < -0.3 is 26.1 Å². The lowest BCUT2D eigenvalue weighted by atomic mass is 9.94. The lowest BCUT2D eigenvalue weighted by molar-refractivity contribution is -0.0614. The summed E-state index contributed by atoms with van der Waals surface area (Å²) in [6.07, 6.45) is 2.72. The quantitative estimate of drug-likeness (QED) is 0.164. The number of hydrogen-bond acceptors (Lipinski definition) is 5. The molecule has 0 amide bonds. The molecule has 1 rings (SSSR count). The normalized spacial score (nSPS) is 20.9. The predicted molar refractivity (Wildman–Crippen MR) is 60.5 cm³/mol. The topological polar surface area (TPSA) is 100 Å². The lowest BCUT2D eigenvalue weighted by Crippen LogP contribution is -2.45. The summed E-state index contributed by atoms with van der Waals surface area (Å²) in [5.74, 6) is 0.242. The molecule has 0 aliphatic carbocycles. The van der Waals surface area contributed by atoms with E-state index in [-0.39, 0.29) is 5.84 Å². The number of nitrogens with two attached hydrogens (primary N) is 1. The van der Waals surface area contributed by atoms with Crippen LogP contribution in [0.1, 0.15) is 25.7 Å². The number of aliphatic hydroxyl groups is 1. The number of hydrogen-bond donors (Lipinski definition) is 4. The molecule has 0 aromatic carbocycles. The molecule has 1 fully saturated rings. The molecule has 0 spiro atoms. The molecule has 94 valence electrons. The van der Waals surface area contributed by atoms with Crippen molar-refractivity contribution in [3.8, 4) is 0 Å². The summed E-state index contributed by atoms with van der Waals surface area (Å²) in [6.45, 7) is 2.58. The molecule has 1 aliphatic rings. The van der Waals surface area contributed by atoms with Gasteiger partial charge in [-0.1, -0.05) is 5.16 Å². The second-order valence-electron chi connectivity index (χ2n) is 4.21. The van der Waals surface area contributed by atoms with Crippen molar-refractivity contribution in [3.63, 3.8) is 0 Å². The summed E-state index contributed by atoms with van der Waals surface area (Å²) in [5.41, 5.74) is 4.70. The van der Waals surface area contributed by atoms with Crippen LogP contribution in [-0.4, -0.2) is 48.1 Å². The van der Waals surface area contributed by atoms with Crippen LogP contribution in [0.3, 0.4) is 0 Å². The summed E-state index contributed by atoms with van der Waals surface area (Å²) in [7, 11) is 0. The molecular weight excluding hydrogens is 210 g/mol. The van der Waals surface area contributed by atoms with Gasteiger partial charge in [0.1, 0.15) is 5.84 Å². The van der Waals surface area contributed by atoms with Crippen molar-refractivity contribution in [2.24, 2.45) is 10.9 Å². The number of rotatable bonds is 6. The van der Waals surface area contributed by atoms with Crippen molar-refractivity contribution in [2.75, 3.05) is 26.3 Å². The van der Waals surface area contributed by atoms with E-state index in [9.17, 15) is 5.11 Å². The monoisotopic (exact) mass is 231 g/mol. The number of nitrogens with zero attached hydrogens (tertiary/aromatic N) is 1. The molecule has 0 radical (unpaired) electrons. The summed E-state index contributed by atoms with van der Waals surface area (Å²) >= 11 is 0. The van der Waals surface area contributed by atoms with Crippen LogP contribution in [0.4, 0.5) is 0 Å². The van der Waals surface area contributed by atoms with Crippen molar-refractivity contribution in [1.29, 1.82) is 0 Å². The van der Waals surface area contributed by atoms with Gasteiger partial charge in [0.2, 0.25) is 0 Å². The maximum atomic E-state index is 10.1.